The molecule has 8 heteroatoms. The Morgan fingerprint density at radius 2 is 1.96 bits per heavy atom. The van der Waals surface area contributed by atoms with E-state index in [0.29, 0.717) is 22.9 Å². The first-order valence-corrected chi connectivity index (χ1v) is 6.81. The average Bonchev–Trinajstić information content (AvgIpc) is 2.98. The molecule has 3 rings (SSSR count). The summed E-state index contributed by atoms with van der Waals surface area (Å²) >= 11 is 0. The van der Waals surface area contributed by atoms with E-state index in [1.807, 2.05) is 0 Å². The number of aryl methyl sites for hydroxylation is 1. The molecule has 1 aromatic heterocycles. The number of aromatic nitrogens is 2. The van der Waals surface area contributed by atoms with Gasteiger partial charge in [-0.25, -0.2) is 9.36 Å². The SMILES string of the molecule is COC(=O)Cn1c(=O)cc(C)n(-c2ccc3c(c2)OCO3)c1=O. The highest BCUT2D eigenvalue weighted by molar-refractivity contribution is 5.68. The van der Waals surface area contributed by atoms with Gasteiger partial charge in [0.15, 0.2) is 11.5 Å². The van der Waals surface area contributed by atoms with Gasteiger partial charge < -0.3 is 14.2 Å². The molecular formula is C15H14N2O6. The van der Waals surface area contributed by atoms with Gasteiger partial charge in [0.25, 0.3) is 5.56 Å². The molecule has 120 valence electrons. The average molecular weight is 318 g/mol. The molecule has 23 heavy (non-hydrogen) atoms. The molecule has 2 aromatic rings. The summed E-state index contributed by atoms with van der Waals surface area (Å²) in [6.07, 6.45) is 0. The predicted molar refractivity (Wildman–Crippen MR) is 79.2 cm³/mol. The lowest BCUT2D eigenvalue weighted by atomic mass is 10.2. The molecule has 0 N–H and O–H groups in total. The molecule has 8 nitrogen and oxygen atoms in total. The van der Waals surface area contributed by atoms with Gasteiger partial charge in [-0.3, -0.25) is 14.2 Å². The topological polar surface area (TPSA) is 88.8 Å². The Morgan fingerprint density at radius 3 is 2.70 bits per heavy atom. The maximum atomic E-state index is 12.6. The van der Waals surface area contributed by atoms with Gasteiger partial charge in [0, 0.05) is 17.8 Å². The summed E-state index contributed by atoms with van der Waals surface area (Å²) in [6.45, 7) is 1.31. The number of rotatable bonds is 3. The van der Waals surface area contributed by atoms with Gasteiger partial charge in [-0.1, -0.05) is 0 Å². The van der Waals surface area contributed by atoms with Crippen LogP contribution in [-0.2, 0) is 16.1 Å². The van der Waals surface area contributed by atoms with Crippen LogP contribution in [0.4, 0.5) is 0 Å². The van der Waals surface area contributed by atoms with E-state index in [9.17, 15) is 14.4 Å². The molecule has 1 aromatic carbocycles. The lowest BCUT2D eigenvalue weighted by Gasteiger charge is -2.13. The van der Waals surface area contributed by atoms with Gasteiger partial charge in [-0.15, -0.1) is 0 Å². The Balaban J connectivity index is 2.16. The lowest BCUT2D eigenvalue weighted by molar-refractivity contribution is -0.141. The van der Waals surface area contributed by atoms with E-state index in [1.54, 1.807) is 25.1 Å². The van der Waals surface area contributed by atoms with Crippen molar-refractivity contribution < 1.29 is 19.0 Å². The first-order valence-electron chi connectivity index (χ1n) is 6.81. The van der Waals surface area contributed by atoms with Gasteiger partial charge in [0.1, 0.15) is 6.54 Å². The van der Waals surface area contributed by atoms with Crippen molar-refractivity contribution in [1.82, 2.24) is 9.13 Å². The normalized spacial score (nSPS) is 12.3. The lowest BCUT2D eigenvalue weighted by Crippen LogP contribution is -2.41. The zero-order valence-corrected chi connectivity index (χ0v) is 12.6. The van der Waals surface area contributed by atoms with E-state index in [1.165, 1.54) is 17.7 Å². The van der Waals surface area contributed by atoms with Crippen molar-refractivity contribution in [3.8, 4) is 17.2 Å². The van der Waals surface area contributed by atoms with Crippen LogP contribution in [0.15, 0.2) is 33.9 Å². The number of carbonyl (C=O) groups is 1. The van der Waals surface area contributed by atoms with Crippen LogP contribution in [-0.4, -0.2) is 29.0 Å². The molecule has 0 spiro atoms. The molecule has 2 heterocycles. The van der Waals surface area contributed by atoms with Crippen LogP contribution in [0.2, 0.25) is 0 Å². The fourth-order valence-corrected chi connectivity index (χ4v) is 2.36. The number of benzene rings is 1. The van der Waals surface area contributed by atoms with Crippen molar-refractivity contribution in [2.24, 2.45) is 0 Å². The minimum Gasteiger partial charge on any atom is -0.468 e. The molecule has 0 unspecified atom stereocenters. The number of hydrogen-bond acceptors (Lipinski definition) is 6. The molecule has 0 saturated heterocycles. The van der Waals surface area contributed by atoms with E-state index >= 15 is 0 Å². The number of nitrogens with zero attached hydrogens (tertiary/aromatic N) is 2. The quantitative estimate of drug-likeness (QED) is 0.752. The van der Waals surface area contributed by atoms with Gasteiger partial charge in [-0.2, -0.15) is 0 Å². The third-order valence-corrected chi connectivity index (χ3v) is 3.50. The first kappa shape index (κ1) is 14.9. The third kappa shape index (κ3) is 2.59. The van der Waals surface area contributed by atoms with Crippen LogP contribution in [0.5, 0.6) is 11.5 Å². The summed E-state index contributed by atoms with van der Waals surface area (Å²) in [5, 5.41) is 0. The maximum absolute atomic E-state index is 12.6. The van der Waals surface area contributed by atoms with Gasteiger partial charge in [-0.05, 0) is 19.1 Å². The summed E-state index contributed by atoms with van der Waals surface area (Å²) in [5.41, 5.74) is -0.232. The zero-order chi connectivity index (χ0) is 16.6. The monoisotopic (exact) mass is 318 g/mol. The first-order chi connectivity index (χ1) is 11.0. The Hall–Kier alpha value is -3.03. The second kappa shape index (κ2) is 5.64. The fourth-order valence-electron chi connectivity index (χ4n) is 2.36. The van der Waals surface area contributed by atoms with E-state index in [0.717, 1.165) is 4.57 Å². The molecule has 1 aliphatic rings. The number of ether oxygens (including phenoxy) is 3. The van der Waals surface area contributed by atoms with E-state index in [2.05, 4.69) is 4.74 Å². The Bertz CT molecular complexity index is 896. The zero-order valence-electron chi connectivity index (χ0n) is 12.6. The van der Waals surface area contributed by atoms with Crippen LogP contribution in [0.1, 0.15) is 5.69 Å². The summed E-state index contributed by atoms with van der Waals surface area (Å²) in [4.78, 5) is 36.0. The van der Waals surface area contributed by atoms with E-state index < -0.39 is 23.8 Å². The molecular weight excluding hydrogens is 304 g/mol. The number of methoxy groups -OCH3 is 1. The van der Waals surface area contributed by atoms with Crippen molar-refractivity contribution >= 4 is 5.97 Å². The Morgan fingerprint density at radius 1 is 1.22 bits per heavy atom. The van der Waals surface area contributed by atoms with E-state index in [4.69, 9.17) is 9.47 Å². The third-order valence-electron chi connectivity index (χ3n) is 3.50. The summed E-state index contributed by atoms with van der Waals surface area (Å²) in [6, 6.07) is 6.28. The van der Waals surface area contributed by atoms with Gasteiger partial charge >= 0.3 is 11.7 Å². The maximum Gasteiger partial charge on any atom is 0.336 e. The molecule has 0 aliphatic carbocycles. The minimum absolute atomic E-state index is 0.120. The van der Waals surface area contributed by atoms with Crippen LogP contribution < -0.4 is 20.7 Å². The Kier molecular flexibility index (Phi) is 3.65. The number of esters is 1. The van der Waals surface area contributed by atoms with Gasteiger partial charge in [0.05, 0.1) is 12.8 Å². The highest BCUT2D eigenvalue weighted by Gasteiger charge is 2.17. The molecule has 0 saturated carbocycles. The number of carbonyl (C=O) groups excluding carboxylic acids is 1. The number of hydrogen-bond donors (Lipinski definition) is 0. The van der Waals surface area contributed by atoms with Crippen molar-refractivity contribution in [2.45, 2.75) is 13.5 Å². The van der Waals surface area contributed by atoms with Crippen LogP contribution in [0.3, 0.4) is 0 Å². The second-order valence-electron chi connectivity index (χ2n) is 4.94. The van der Waals surface area contributed by atoms with Crippen LogP contribution in [0, 0.1) is 6.92 Å². The molecule has 0 radical (unpaired) electrons. The smallest absolute Gasteiger partial charge is 0.336 e. The van der Waals surface area contributed by atoms with Crippen molar-refractivity contribution in [1.29, 1.82) is 0 Å². The summed E-state index contributed by atoms with van der Waals surface area (Å²) in [5.74, 6) is 0.423. The minimum atomic E-state index is -0.676. The largest absolute Gasteiger partial charge is 0.468 e. The summed E-state index contributed by atoms with van der Waals surface area (Å²) in [7, 11) is 1.19. The van der Waals surface area contributed by atoms with Crippen LogP contribution in [0.25, 0.3) is 5.69 Å². The van der Waals surface area contributed by atoms with Gasteiger partial charge in [0.2, 0.25) is 6.79 Å². The van der Waals surface area contributed by atoms with Crippen LogP contribution >= 0.6 is 0 Å². The van der Waals surface area contributed by atoms with E-state index in [-0.39, 0.29) is 6.79 Å². The number of fused-ring (bicyclic) bond motifs is 1. The van der Waals surface area contributed by atoms with Crippen molar-refractivity contribution in [3.63, 3.8) is 0 Å². The summed E-state index contributed by atoms with van der Waals surface area (Å²) < 4.78 is 17.2. The standard InChI is InChI=1S/C15H14N2O6/c1-9-5-13(18)16(7-14(19)21-2)15(20)17(9)10-3-4-11-12(6-10)23-8-22-11/h3-6H,7-8H2,1-2H3. The highest BCUT2D eigenvalue weighted by Crippen LogP contribution is 2.33. The van der Waals surface area contributed by atoms with Crippen molar-refractivity contribution in [3.05, 3.63) is 50.8 Å². The Labute approximate surface area is 130 Å². The predicted octanol–water partition coefficient (Wildman–Crippen LogP) is 0.209. The molecule has 1 aliphatic heterocycles. The molecule has 0 fully saturated rings. The fraction of sp³-hybridized carbons (Fsp3) is 0.267. The molecule has 0 bridgehead atoms. The highest BCUT2D eigenvalue weighted by atomic mass is 16.7. The molecule has 0 amide bonds. The second-order valence-corrected chi connectivity index (χ2v) is 4.94. The van der Waals surface area contributed by atoms with Crippen molar-refractivity contribution in [2.75, 3.05) is 13.9 Å². The molecule has 0 atom stereocenters.